The van der Waals surface area contributed by atoms with Gasteiger partial charge in [0.25, 0.3) is 0 Å². The summed E-state index contributed by atoms with van der Waals surface area (Å²) < 4.78 is 5.60. The molecule has 0 aliphatic carbocycles. The Labute approximate surface area is 169 Å². The summed E-state index contributed by atoms with van der Waals surface area (Å²) in [4.78, 5) is 24.2. The quantitative estimate of drug-likeness (QED) is 0.276. The number of hydrazone groups is 1. The lowest BCUT2D eigenvalue weighted by molar-refractivity contribution is -0.136. The van der Waals surface area contributed by atoms with Crippen LogP contribution in [0.15, 0.2) is 71.8 Å². The van der Waals surface area contributed by atoms with Crippen molar-refractivity contribution in [3.8, 4) is 5.75 Å². The largest absolute Gasteiger partial charge is 0.494 e. The van der Waals surface area contributed by atoms with Gasteiger partial charge in [-0.2, -0.15) is 5.10 Å². The third-order valence-electron chi connectivity index (χ3n) is 4.27. The van der Waals surface area contributed by atoms with E-state index in [1.807, 2.05) is 60.7 Å². The normalized spacial score (nSPS) is 10.8. The lowest BCUT2D eigenvalue weighted by Gasteiger charge is -2.07. The number of rotatable bonds is 7. The van der Waals surface area contributed by atoms with Gasteiger partial charge in [-0.15, -0.1) is 0 Å². The monoisotopic (exact) mass is 389 g/mol. The van der Waals surface area contributed by atoms with Crippen LogP contribution in [0.25, 0.3) is 10.8 Å². The molecule has 0 atom stereocenters. The Bertz CT molecular complexity index is 1010. The number of ether oxygens (including phenoxy) is 1. The highest BCUT2D eigenvalue weighted by molar-refractivity contribution is 6.40. The molecule has 29 heavy (non-hydrogen) atoms. The number of amides is 2. The predicted octanol–water partition coefficient (Wildman–Crippen LogP) is 4.11. The molecular weight excluding hydrogens is 366 g/mol. The molecule has 0 heterocycles. The van der Waals surface area contributed by atoms with Crippen LogP contribution in [0, 0.1) is 0 Å². The molecule has 0 aromatic heterocycles. The molecule has 3 aromatic carbocycles. The number of nitrogens with one attached hydrogen (secondary N) is 2. The van der Waals surface area contributed by atoms with Crippen LogP contribution < -0.4 is 15.5 Å². The second-order valence-corrected chi connectivity index (χ2v) is 6.45. The van der Waals surface area contributed by atoms with E-state index in [1.165, 1.54) is 6.21 Å². The second kappa shape index (κ2) is 10.0. The van der Waals surface area contributed by atoms with Gasteiger partial charge in [-0.1, -0.05) is 49.7 Å². The Morgan fingerprint density at radius 2 is 1.72 bits per heavy atom. The zero-order chi connectivity index (χ0) is 20.5. The van der Waals surface area contributed by atoms with Gasteiger partial charge < -0.3 is 10.1 Å². The third kappa shape index (κ3) is 5.65. The molecule has 3 aromatic rings. The van der Waals surface area contributed by atoms with Crippen molar-refractivity contribution in [2.24, 2.45) is 5.10 Å². The molecule has 2 amide bonds. The summed E-state index contributed by atoms with van der Waals surface area (Å²) in [6.45, 7) is 2.80. The first-order valence-electron chi connectivity index (χ1n) is 9.52. The fourth-order valence-electron chi connectivity index (χ4n) is 2.71. The minimum absolute atomic E-state index is 0.575. The number of carbonyl (C=O) groups excluding carboxylic acids is 2. The zero-order valence-electron chi connectivity index (χ0n) is 16.2. The van der Waals surface area contributed by atoms with Crippen LogP contribution in [0.2, 0.25) is 0 Å². The first-order valence-corrected chi connectivity index (χ1v) is 9.52. The van der Waals surface area contributed by atoms with E-state index in [0.29, 0.717) is 12.3 Å². The van der Waals surface area contributed by atoms with Crippen LogP contribution in [0.4, 0.5) is 5.69 Å². The lowest BCUT2D eigenvalue weighted by Crippen LogP contribution is -2.32. The van der Waals surface area contributed by atoms with E-state index in [9.17, 15) is 9.59 Å². The summed E-state index contributed by atoms with van der Waals surface area (Å²) in [5, 5.41) is 8.31. The summed E-state index contributed by atoms with van der Waals surface area (Å²) in [6.07, 6.45) is 3.56. The molecule has 6 heteroatoms. The van der Waals surface area contributed by atoms with Crippen molar-refractivity contribution in [1.29, 1.82) is 0 Å². The van der Waals surface area contributed by atoms with Crippen LogP contribution >= 0.6 is 0 Å². The van der Waals surface area contributed by atoms with Crippen LogP contribution in [0.1, 0.15) is 25.3 Å². The highest BCUT2D eigenvalue weighted by Gasteiger charge is 2.14. The molecule has 0 radical (unpaired) electrons. The molecule has 0 fully saturated rings. The van der Waals surface area contributed by atoms with Crippen molar-refractivity contribution in [3.05, 3.63) is 72.3 Å². The van der Waals surface area contributed by atoms with Crippen LogP contribution in [-0.4, -0.2) is 24.6 Å². The molecule has 0 unspecified atom stereocenters. The fourth-order valence-corrected chi connectivity index (χ4v) is 2.71. The third-order valence-corrected chi connectivity index (χ3v) is 4.27. The number of carbonyl (C=O) groups is 2. The number of fused-ring (bicyclic) bond motifs is 1. The summed E-state index contributed by atoms with van der Waals surface area (Å²) in [7, 11) is 0. The fraction of sp³-hybridized carbons (Fsp3) is 0.174. The Balaban J connectivity index is 1.54. The maximum atomic E-state index is 12.2. The topological polar surface area (TPSA) is 79.8 Å². The molecule has 0 spiro atoms. The molecular formula is C23H23N3O3. The average molecular weight is 389 g/mol. The van der Waals surface area contributed by atoms with E-state index in [2.05, 4.69) is 22.8 Å². The highest BCUT2D eigenvalue weighted by atomic mass is 16.5. The van der Waals surface area contributed by atoms with E-state index in [-0.39, 0.29) is 0 Å². The van der Waals surface area contributed by atoms with E-state index in [0.717, 1.165) is 34.9 Å². The Morgan fingerprint density at radius 1 is 0.966 bits per heavy atom. The molecule has 0 saturated carbocycles. The van der Waals surface area contributed by atoms with Crippen LogP contribution in [-0.2, 0) is 9.59 Å². The van der Waals surface area contributed by atoms with Gasteiger partial charge in [0, 0.05) is 11.1 Å². The lowest BCUT2D eigenvalue weighted by atomic mass is 10.1. The summed E-state index contributed by atoms with van der Waals surface area (Å²) in [6, 6.07) is 20.5. The van der Waals surface area contributed by atoms with Crippen molar-refractivity contribution in [3.63, 3.8) is 0 Å². The van der Waals surface area contributed by atoms with E-state index < -0.39 is 11.8 Å². The standard InChI is InChI=1S/C23H23N3O3/c1-2-3-15-29-19-13-11-17(12-14-19)16-24-26-23(28)22(27)25-21-10-6-8-18-7-4-5-9-20(18)21/h4-14,16H,2-3,15H2,1H3,(H,25,27)(H,26,28). The predicted molar refractivity (Wildman–Crippen MR) is 115 cm³/mol. The van der Waals surface area contributed by atoms with E-state index >= 15 is 0 Å². The maximum Gasteiger partial charge on any atom is 0.329 e. The van der Waals surface area contributed by atoms with Gasteiger partial charge in [-0.3, -0.25) is 9.59 Å². The summed E-state index contributed by atoms with van der Waals surface area (Å²) in [5.41, 5.74) is 3.60. The Kier molecular flexibility index (Phi) is 6.95. The van der Waals surface area contributed by atoms with Gasteiger partial charge in [0.15, 0.2) is 0 Å². The highest BCUT2D eigenvalue weighted by Crippen LogP contribution is 2.22. The van der Waals surface area contributed by atoms with Crippen molar-refractivity contribution >= 4 is 34.5 Å². The van der Waals surface area contributed by atoms with Gasteiger partial charge in [0.2, 0.25) is 0 Å². The number of hydrogen-bond acceptors (Lipinski definition) is 4. The smallest absolute Gasteiger partial charge is 0.329 e. The molecule has 0 bridgehead atoms. The molecule has 0 aliphatic heterocycles. The molecule has 148 valence electrons. The number of nitrogens with zero attached hydrogens (tertiary/aromatic N) is 1. The number of hydrogen-bond donors (Lipinski definition) is 2. The second-order valence-electron chi connectivity index (χ2n) is 6.45. The van der Waals surface area contributed by atoms with Crippen LogP contribution in [0.3, 0.4) is 0 Å². The molecule has 0 aliphatic rings. The maximum absolute atomic E-state index is 12.2. The van der Waals surface area contributed by atoms with Crippen molar-refractivity contribution in [1.82, 2.24) is 5.43 Å². The minimum Gasteiger partial charge on any atom is -0.494 e. The number of anilines is 1. The van der Waals surface area contributed by atoms with Gasteiger partial charge in [0.05, 0.1) is 12.8 Å². The first kappa shape index (κ1) is 20.1. The van der Waals surface area contributed by atoms with Crippen LogP contribution in [0.5, 0.6) is 5.75 Å². The summed E-state index contributed by atoms with van der Waals surface area (Å²) in [5.74, 6) is -0.832. The van der Waals surface area contributed by atoms with Crippen molar-refractivity contribution < 1.29 is 14.3 Å². The van der Waals surface area contributed by atoms with Gasteiger partial charge in [-0.25, -0.2) is 5.43 Å². The molecule has 0 saturated heterocycles. The van der Waals surface area contributed by atoms with Crippen molar-refractivity contribution in [2.75, 3.05) is 11.9 Å². The zero-order valence-corrected chi connectivity index (χ0v) is 16.2. The molecule has 3 rings (SSSR count). The van der Waals surface area contributed by atoms with Crippen molar-refractivity contribution in [2.45, 2.75) is 19.8 Å². The Morgan fingerprint density at radius 3 is 2.52 bits per heavy atom. The SMILES string of the molecule is CCCCOc1ccc(C=NNC(=O)C(=O)Nc2cccc3ccccc23)cc1. The molecule has 6 nitrogen and oxygen atoms in total. The first-order chi connectivity index (χ1) is 14.2. The molecule has 2 N–H and O–H groups in total. The Hall–Kier alpha value is -3.67. The van der Waals surface area contributed by atoms with Gasteiger partial charge in [0.1, 0.15) is 5.75 Å². The minimum atomic E-state index is -0.839. The number of unbranched alkanes of at least 4 members (excludes halogenated alkanes) is 1. The van der Waals surface area contributed by atoms with E-state index in [4.69, 9.17) is 4.74 Å². The average Bonchev–Trinajstić information content (AvgIpc) is 2.75. The van der Waals surface area contributed by atoms with E-state index in [1.54, 1.807) is 6.07 Å². The van der Waals surface area contributed by atoms with Gasteiger partial charge >= 0.3 is 11.8 Å². The van der Waals surface area contributed by atoms with Gasteiger partial charge in [-0.05, 0) is 47.7 Å². The summed E-state index contributed by atoms with van der Waals surface area (Å²) >= 11 is 0. The number of benzene rings is 3.